The zero-order valence-corrected chi connectivity index (χ0v) is 22.8. The van der Waals surface area contributed by atoms with Gasteiger partial charge in [-0.25, -0.2) is 9.78 Å². The third kappa shape index (κ3) is 6.95. The molecule has 1 aromatic heterocycles. The monoisotopic (exact) mass is 507 g/mol. The number of hydrogen-bond donors (Lipinski definition) is 0. The maximum atomic E-state index is 13.2. The lowest BCUT2D eigenvalue weighted by Crippen LogP contribution is -2.15. The molecule has 4 nitrogen and oxygen atoms in total. The maximum absolute atomic E-state index is 13.2. The van der Waals surface area contributed by atoms with E-state index in [9.17, 15) is 9.59 Å². The molecule has 4 heteroatoms. The summed E-state index contributed by atoms with van der Waals surface area (Å²) in [6.07, 6.45) is 8.18. The van der Waals surface area contributed by atoms with E-state index in [-0.39, 0.29) is 12.4 Å². The second kappa shape index (κ2) is 13.1. The van der Waals surface area contributed by atoms with Crippen LogP contribution in [-0.2, 0) is 17.6 Å². The lowest BCUT2D eigenvalue weighted by atomic mass is 10.0. The zero-order valence-electron chi connectivity index (χ0n) is 22.8. The number of carbonyl (C=O) groups excluding carboxylic acids is 2. The summed E-state index contributed by atoms with van der Waals surface area (Å²) in [5.74, 6) is -0.732. The molecule has 0 spiro atoms. The number of ether oxygens (including phenoxy) is 1. The van der Waals surface area contributed by atoms with Crippen LogP contribution in [0.25, 0.3) is 22.2 Å². The molecule has 0 N–H and O–H groups in total. The highest BCUT2D eigenvalue weighted by molar-refractivity contribution is 6.06. The van der Waals surface area contributed by atoms with Gasteiger partial charge in [-0.05, 0) is 55.5 Å². The van der Waals surface area contributed by atoms with Crippen molar-refractivity contribution in [2.24, 2.45) is 0 Å². The van der Waals surface area contributed by atoms with E-state index >= 15 is 0 Å². The minimum atomic E-state index is -0.522. The molecule has 0 bridgehead atoms. The summed E-state index contributed by atoms with van der Waals surface area (Å²) in [6.45, 7) is 6.01. The molecular weight excluding hydrogens is 470 g/mol. The average molecular weight is 508 g/mol. The van der Waals surface area contributed by atoms with Gasteiger partial charge in [0.15, 0.2) is 12.4 Å². The summed E-state index contributed by atoms with van der Waals surface area (Å²) in [6, 6.07) is 23.5. The Morgan fingerprint density at radius 3 is 2.21 bits per heavy atom. The summed E-state index contributed by atoms with van der Waals surface area (Å²) in [7, 11) is 0. The number of Topliss-reactive ketones (excluding diaryl/α,β-unsaturated/α-hetero) is 1. The molecule has 0 atom stereocenters. The summed E-state index contributed by atoms with van der Waals surface area (Å²) >= 11 is 0. The van der Waals surface area contributed by atoms with Crippen molar-refractivity contribution in [3.63, 3.8) is 0 Å². The molecule has 1 heterocycles. The Balaban J connectivity index is 1.46. The van der Waals surface area contributed by atoms with Gasteiger partial charge in [0.2, 0.25) is 0 Å². The van der Waals surface area contributed by atoms with Crippen molar-refractivity contribution in [1.82, 2.24) is 4.98 Å². The molecule has 4 aromatic rings. The highest BCUT2D eigenvalue weighted by Crippen LogP contribution is 2.27. The van der Waals surface area contributed by atoms with Crippen molar-refractivity contribution in [2.75, 3.05) is 6.61 Å². The number of pyridine rings is 1. The number of nitrogens with zero attached hydrogens (tertiary/aromatic N) is 1. The Labute approximate surface area is 226 Å². The molecule has 0 saturated carbocycles. The second-order valence-corrected chi connectivity index (χ2v) is 9.99. The Bertz CT molecular complexity index is 1390. The Kier molecular flexibility index (Phi) is 9.42. The van der Waals surface area contributed by atoms with Crippen LogP contribution in [0.15, 0.2) is 72.8 Å². The van der Waals surface area contributed by atoms with Gasteiger partial charge in [-0.3, -0.25) is 4.79 Å². The van der Waals surface area contributed by atoms with E-state index in [1.54, 1.807) is 6.07 Å². The van der Waals surface area contributed by atoms with E-state index in [2.05, 4.69) is 26.0 Å². The molecule has 0 aliphatic heterocycles. The van der Waals surface area contributed by atoms with Crippen molar-refractivity contribution in [2.45, 2.75) is 65.7 Å². The molecule has 0 fully saturated rings. The fraction of sp³-hybridized carbons (Fsp3) is 0.324. The molecule has 0 aliphatic carbocycles. The number of hydrogen-bond acceptors (Lipinski definition) is 4. The summed E-state index contributed by atoms with van der Waals surface area (Å²) in [4.78, 5) is 30.8. The third-order valence-corrected chi connectivity index (χ3v) is 7.02. The van der Waals surface area contributed by atoms with Crippen LogP contribution in [0.4, 0.5) is 0 Å². The number of ketones is 1. The lowest BCUT2D eigenvalue weighted by molar-refractivity contribution is 0.0476. The first-order chi connectivity index (χ1) is 18.5. The van der Waals surface area contributed by atoms with Crippen molar-refractivity contribution >= 4 is 22.7 Å². The maximum Gasteiger partial charge on any atom is 0.339 e. The summed E-state index contributed by atoms with van der Waals surface area (Å²) in [5, 5.41) is 0.722. The molecule has 0 unspecified atom stereocenters. The first-order valence-electron chi connectivity index (χ1n) is 13.8. The number of esters is 1. The summed E-state index contributed by atoms with van der Waals surface area (Å²) < 4.78 is 5.54. The van der Waals surface area contributed by atoms with Gasteiger partial charge in [-0.2, -0.15) is 0 Å². The third-order valence-electron chi connectivity index (χ3n) is 7.02. The molecule has 0 amide bonds. The van der Waals surface area contributed by atoms with E-state index in [0.717, 1.165) is 41.3 Å². The van der Waals surface area contributed by atoms with Crippen molar-refractivity contribution in [1.29, 1.82) is 0 Å². The molecule has 38 heavy (non-hydrogen) atoms. The van der Waals surface area contributed by atoms with E-state index in [4.69, 9.17) is 9.72 Å². The van der Waals surface area contributed by atoms with Crippen LogP contribution in [0.3, 0.4) is 0 Å². The van der Waals surface area contributed by atoms with Crippen LogP contribution in [-0.4, -0.2) is 23.3 Å². The minimum absolute atomic E-state index is 0.210. The fourth-order valence-corrected chi connectivity index (χ4v) is 4.65. The van der Waals surface area contributed by atoms with Crippen LogP contribution in [0, 0.1) is 6.92 Å². The predicted octanol–water partition coefficient (Wildman–Crippen LogP) is 8.33. The second-order valence-electron chi connectivity index (χ2n) is 9.99. The van der Waals surface area contributed by atoms with Crippen LogP contribution in [0.2, 0.25) is 0 Å². The molecule has 3 aromatic carbocycles. The largest absolute Gasteiger partial charge is 0.454 e. The number of unbranched alkanes of at least 4 members (excludes halogenated alkanes) is 4. The number of benzene rings is 3. The summed E-state index contributed by atoms with van der Waals surface area (Å²) in [5.41, 5.74) is 6.81. The fourth-order valence-electron chi connectivity index (χ4n) is 4.65. The van der Waals surface area contributed by atoms with E-state index in [1.807, 2.05) is 61.5 Å². The van der Waals surface area contributed by atoms with Gasteiger partial charge in [0.1, 0.15) is 0 Å². The Hall–Kier alpha value is -3.79. The number of fused-ring (bicyclic) bond motifs is 1. The smallest absolute Gasteiger partial charge is 0.339 e. The van der Waals surface area contributed by atoms with Crippen LogP contribution < -0.4 is 0 Å². The van der Waals surface area contributed by atoms with Crippen molar-refractivity contribution < 1.29 is 14.3 Å². The van der Waals surface area contributed by atoms with Crippen LogP contribution in [0.5, 0.6) is 0 Å². The highest BCUT2D eigenvalue weighted by atomic mass is 16.5. The van der Waals surface area contributed by atoms with Crippen molar-refractivity contribution in [3.05, 3.63) is 101 Å². The number of aryl methyl sites for hydroxylation is 3. The first-order valence-corrected chi connectivity index (χ1v) is 13.8. The molecule has 0 aliphatic rings. The van der Waals surface area contributed by atoms with Gasteiger partial charge in [0, 0.05) is 16.5 Å². The van der Waals surface area contributed by atoms with E-state index < -0.39 is 5.97 Å². The number of aromatic nitrogens is 1. The molecular formula is C34H37NO3. The van der Waals surface area contributed by atoms with E-state index in [0.29, 0.717) is 16.8 Å². The Morgan fingerprint density at radius 1 is 0.789 bits per heavy atom. The number of rotatable bonds is 12. The molecule has 0 radical (unpaired) electrons. The number of carbonyl (C=O) groups is 2. The normalized spacial score (nSPS) is 11.0. The Morgan fingerprint density at radius 2 is 1.50 bits per heavy atom. The zero-order chi connectivity index (χ0) is 26.9. The van der Waals surface area contributed by atoms with Crippen molar-refractivity contribution in [3.8, 4) is 11.3 Å². The minimum Gasteiger partial charge on any atom is -0.454 e. The molecule has 196 valence electrons. The van der Waals surface area contributed by atoms with Gasteiger partial charge >= 0.3 is 5.97 Å². The topological polar surface area (TPSA) is 56.3 Å². The predicted molar refractivity (Wildman–Crippen MR) is 155 cm³/mol. The van der Waals surface area contributed by atoms with Gasteiger partial charge in [-0.15, -0.1) is 0 Å². The standard InChI is InChI=1S/C34H37NO3/c1-4-6-7-8-9-10-26-14-18-28(19-15-26)33(36)23-38-34(37)30-22-32(27-16-12-25(5-2)13-17-27)35-31-20-11-24(3)21-29(30)31/h11-22H,4-10,23H2,1-3H3. The van der Waals surface area contributed by atoms with Gasteiger partial charge < -0.3 is 4.74 Å². The van der Waals surface area contributed by atoms with Gasteiger partial charge in [0.25, 0.3) is 0 Å². The lowest BCUT2D eigenvalue weighted by Gasteiger charge is -2.11. The van der Waals surface area contributed by atoms with E-state index in [1.165, 1.54) is 36.8 Å². The first kappa shape index (κ1) is 27.3. The SMILES string of the molecule is CCCCCCCc1ccc(C(=O)COC(=O)c2cc(-c3ccc(CC)cc3)nc3ccc(C)cc23)cc1. The molecule has 4 rings (SSSR count). The van der Waals surface area contributed by atoms with Gasteiger partial charge in [0.05, 0.1) is 16.8 Å². The quantitative estimate of drug-likeness (QED) is 0.110. The molecule has 0 saturated heterocycles. The van der Waals surface area contributed by atoms with Gasteiger partial charge in [-0.1, -0.05) is 99.7 Å². The van der Waals surface area contributed by atoms with Crippen LogP contribution in [0.1, 0.15) is 83.4 Å². The average Bonchev–Trinajstić information content (AvgIpc) is 2.95. The highest BCUT2D eigenvalue weighted by Gasteiger charge is 2.18. The van der Waals surface area contributed by atoms with Crippen LogP contribution >= 0.6 is 0 Å².